The lowest BCUT2D eigenvalue weighted by Gasteiger charge is -2.11. The summed E-state index contributed by atoms with van der Waals surface area (Å²) in [5.41, 5.74) is 5.15. The van der Waals surface area contributed by atoms with Gasteiger partial charge in [0.15, 0.2) is 0 Å². The van der Waals surface area contributed by atoms with Gasteiger partial charge in [-0.1, -0.05) is 0 Å². The minimum atomic E-state index is -0.748. The number of nitro groups is 1. The third kappa shape index (κ3) is 5.82. The number of esters is 1. The summed E-state index contributed by atoms with van der Waals surface area (Å²) >= 11 is 0. The number of ether oxygens (including phenoxy) is 1. The van der Waals surface area contributed by atoms with Crippen LogP contribution >= 0.6 is 0 Å². The van der Waals surface area contributed by atoms with Crippen molar-refractivity contribution in [1.29, 1.82) is 0 Å². The Morgan fingerprint density at radius 2 is 1.90 bits per heavy atom. The van der Waals surface area contributed by atoms with E-state index in [0.29, 0.717) is 11.8 Å². The molecule has 3 N–H and O–H groups in total. The van der Waals surface area contributed by atoms with Gasteiger partial charge >= 0.3 is 5.97 Å². The molecule has 0 saturated carbocycles. The maximum atomic E-state index is 12.4. The van der Waals surface area contributed by atoms with Crippen LogP contribution in [0, 0.1) is 10.1 Å². The van der Waals surface area contributed by atoms with Crippen molar-refractivity contribution in [3.8, 4) is 0 Å². The Morgan fingerprint density at radius 1 is 1.21 bits per heavy atom. The number of non-ortho nitro benzene ring substituents is 1. The number of carbonyl (C=O) groups is 2. The normalized spacial score (nSPS) is 10.3. The van der Waals surface area contributed by atoms with Gasteiger partial charge in [0.05, 0.1) is 17.1 Å². The predicted octanol–water partition coefficient (Wildman–Crippen LogP) is 0.577. The third-order valence-corrected chi connectivity index (χ3v) is 3.62. The van der Waals surface area contributed by atoms with Crippen LogP contribution in [-0.4, -0.2) is 59.0 Å². The number of anilines is 2. The average molecular weight is 403 g/mol. The van der Waals surface area contributed by atoms with Crippen LogP contribution in [0.25, 0.3) is 0 Å². The van der Waals surface area contributed by atoms with Crippen LogP contribution in [0.15, 0.2) is 18.2 Å². The lowest BCUT2D eigenvalue weighted by atomic mass is 10.1. The van der Waals surface area contributed by atoms with Crippen molar-refractivity contribution < 1.29 is 19.2 Å². The molecule has 0 fully saturated rings. The monoisotopic (exact) mass is 403 g/mol. The lowest BCUT2D eigenvalue weighted by molar-refractivity contribution is -0.384. The van der Waals surface area contributed by atoms with Crippen LogP contribution in [0.1, 0.15) is 33.5 Å². The third-order valence-electron chi connectivity index (χ3n) is 3.62. The quantitative estimate of drug-likeness (QED) is 0.361. The number of nitrogen functional groups attached to an aromatic ring is 1. The fourth-order valence-corrected chi connectivity index (χ4v) is 2.31. The zero-order valence-electron chi connectivity index (χ0n) is 16.2. The van der Waals surface area contributed by atoms with Crippen molar-refractivity contribution in [3.05, 3.63) is 45.3 Å². The molecule has 0 saturated heterocycles. The van der Waals surface area contributed by atoms with Gasteiger partial charge < -0.3 is 20.7 Å². The van der Waals surface area contributed by atoms with E-state index >= 15 is 0 Å². The topological polar surface area (TPSA) is 166 Å². The maximum absolute atomic E-state index is 12.4. The van der Waals surface area contributed by atoms with Gasteiger partial charge in [0, 0.05) is 44.8 Å². The molecule has 29 heavy (non-hydrogen) atoms. The highest BCUT2D eigenvalue weighted by Crippen LogP contribution is 2.18. The number of hydrogen-bond acceptors (Lipinski definition) is 10. The minimum Gasteiger partial charge on any atom is -0.462 e. The molecule has 2 rings (SSSR count). The molecular formula is C17H21N7O5. The molecular weight excluding hydrogens is 382 g/mol. The largest absolute Gasteiger partial charge is 0.462 e. The first-order valence-electron chi connectivity index (χ1n) is 8.63. The van der Waals surface area contributed by atoms with E-state index in [1.54, 1.807) is 25.9 Å². The smallest absolute Gasteiger partial charge is 0.338 e. The van der Waals surface area contributed by atoms with E-state index in [4.69, 9.17) is 10.5 Å². The van der Waals surface area contributed by atoms with Crippen molar-refractivity contribution in [1.82, 2.24) is 20.3 Å². The van der Waals surface area contributed by atoms with E-state index < -0.39 is 16.8 Å². The Balaban J connectivity index is 2.12. The fraction of sp³-hybridized carbons (Fsp3) is 0.353. The summed E-state index contributed by atoms with van der Waals surface area (Å²) in [7, 11) is 3.51. The molecule has 1 aromatic heterocycles. The molecule has 1 heterocycles. The number of nitrogens with one attached hydrogen (secondary N) is 1. The second kappa shape index (κ2) is 9.39. The van der Waals surface area contributed by atoms with E-state index in [9.17, 15) is 19.7 Å². The van der Waals surface area contributed by atoms with E-state index in [0.717, 1.165) is 12.1 Å². The van der Waals surface area contributed by atoms with Gasteiger partial charge in [-0.2, -0.15) is 15.0 Å². The fourth-order valence-electron chi connectivity index (χ4n) is 2.31. The van der Waals surface area contributed by atoms with Crippen molar-refractivity contribution in [3.63, 3.8) is 0 Å². The van der Waals surface area contributed by atoms with Crippen LogP contribution in [0.3, 0.4) is 0 Å². The van der Waals surface area contributed by atoms with E-state index in [1.807, 2.05) is 0 Å². The molecule has 1 amide bonds. The van der Waals surface area contributed by atoms with Crippen molar-refractivity contribution in [2.24, 2.45) is 0 Å². The number of amides is 1. The average Bonchev–Trinajstić information content (AvgIpc) is 2.67. The van der Waals surface area contributed by atoms with Gasteiger partial charge in [-0.3, -0.25) is 14.9 Å². The molecule has 0 unspecified atom stereocenters. The van der Waals surface area contributed by atoms with E-state index in [-0.39, 0.29) is 42.3 Å². The molecule has 0 aliphatic heterocycles. The highest BCUT2D eigenvalue weighted by molar-refractivity contribution is 5.99. The summed E-state index contributed by atoms with van der Waals surface area (Å²) in [6.45, 7) is 1.86. The molecule has 12 heteroatoms. The number of nitro benzene ring substituents is 1. The molecule has 0 aliphatic carbocycles. The number of benzene rings is 1. The standard InChI is InChI=1S/C17H21N7O5/c1-4-29-15(26)11-7-10(8-12(9-11)24(27)28)14(25)19-6-5-13-20-16(18)22-17(21-13)23(2)3/h7-9H,4-6H2,1-3H3,(H,19,25)(H2,18,20,21,22). The summed E-state index contributed by atoms with van der Waals surface area (Å²) in [5.74, 6) is -0.511. The Hall–Kier alpha value is -3.83. The molecule has 1 aromatic carbocycles. The lowest BCUT2D eigenvalue weighted by Crippen LogP contribution is -2.27. The number of carbonyl (C=O) groups excluding carboxylic acids is 2. The Labute approximate surface area is 166 Å². The van der Waals surface area contributed by atoms with Gasteiger partial charge in [-0.25, -0.2) is 4.79 Å². The molecule has 12 nitrogen and oxygen atoms in total. The van der Waals surface area contributed by atoms with Crippen molar-refractivity contribution >= 4 is 29.5 Å². The SMILES string of the molecule is CCOC(=O)c1cc(C(=O)NCCc2nc(N)nc(N(C)C)n2)cc([N+](=O)[O-])c1. The number of nitrogens with two attached hydrogens (primary N) is 1. The van der Waals surface area contributed by atoms with Crippen molar-refractivity contribution in [2.45, 2.75) is 13.3 Å². The van der Waals surface area contributed by atoms with Gasteiger partial charge in [0.25, 0.3) is 11.6 Å². The maximum Gasteiger partial charge on any atom is 0.338 e. The summed E-state index contributed by atoms with van der Waals surface area (Å²) in [5, 5.41) is 13.7. The second-order valence-corrected chi connectivity index (χ2v) is 6.06. The van der Waals surface area contributed by atoms with Crippen molar-refractivity contribution in [2.75, 3.05) is 37.9 Å². The number of rotatable bonds is 8. The molecule has 0 atom stereocenters. The summed E-state index contributed by atoms with van der Waals surface area (Å²) < 4.78 is 4.85. The first-order chi connectivity index (χ1) is 13.7. The van der Waals surface area contributed by atoms with Crippen LogP contribution in [-0.2, 0) is 11.2 Å². The molecule has 0 bridgehead atoms. The van der Waals surface area contributed by atoms with Gasteiger partial charge in [-0.15, -0.1) is 0 Å². The van der Waals surface area contributed by atoms with E-state index in [1.165, 1.54) is 6.07 Å². The van der Waals surface area contributed by atoms with Gasteiger partial charge in [0.2, 0.25) is 11.9 Å². The number of nitrogens with zero attached hydrogens (tertiary/aromatic N) is 5. The highest BCUT2D eigenvalue weighted by Gasteiger charge is 2.18. The Kier molecular flexibility index (Phi) is 6.95. The van der Waals surface area contributed by atoms with Gasteiger partial charge in [0.1, 0.15) is 5.82 Å². The second-order valence-electron chi connectivity index (χ2n) is 6.06. The van der Waals surface area contributed by atoms with Crippen LogP contribution in [0.4, 0.5) is 17.6 Å². The molecule has 0 spiro atoms. The summed E-state index contributed by atoms with van der Waals surface area (Å²) in [6, 6.07) is 3.39. The highest BCUT2D eigenvalue weighted by atomic mass is 16.6. The molecule has 0 radical (unpaired) electrons. The predicted molar refractivity (Wildman–Crippen MR) is 104 cm³/mol. The van der Waals surface area contributed by atoms with Gasteiger partial charge in [-0.05, 0) is 13.0 Å². The van der Waals surface area contributed by atoms with Crippen LogP contribution < -0.4 is 16.0 Å². The Bertz CT molecular complexity index is 932. The van der Waals surface area contributed by atoms with Crippen LogP contribution in [0.2, 0.25) is 0 Å². The van der Waals surface area contributed by atoms with Crippen LogP contribution in [0.5, 0.6) is 0 Å². The zero-order chi connectivity index (χ0) is 21.6. The zero-order valence-corrected chi connectivity index (χ0v) is 16.2. The first-order valence-corrected chi connectivity index (χ1v) is 8.63. The first kappa shape index (κ1) is 21.5. The molecule has 2 aromatic rings. The minimum absolute atomic E-state index is 0.0357. The number of hydrogen-bond donors (Lipinski definition) is 2. The van der Waals surface area contributed by atoms with E-state index in [2.05, 4.69) is 20.3 Å². The molecule has 0 aliphatic rings. The summed E-state index contributed by atoms with van der Waals surface area (Å²) in [6.07, 6.45) is 0.263. The summed E-state index contributed by atoms with van der Waals surface area (Å²) in [4.78, 5) is 48.6. The number of aromatic nitrogens is 3. The molecule has 154 valence electrons. The Morgan fingerprint density at radius 3 is 2.52 bits per heavy atom.